The van der Waals surface area contributed by atoms with Gasteiger partial charge < -0.3 is 10.2 Å². The second-order valence-corrected chi connectivity index (χ2v) is 6.63. The van der Waals surface area contributed by atoms with Gasteiger partial charge in [-0.15, -0.1) is 0 Å². The topological polar surface area (TPSA) is 71.0 Å². The Labute approximate surface area is 159 Å². The Morgan fingerprint density at radius 2 is 1.67 bits per heavy atom. The molecule has 1 amide bonds. The van der Waals surface area contributed by atoms with E-state index >= 15 is 0 Å². The quantitative estimate of drug-likeness (QED) is 0.727. The molecule has 0 atom stereocenters. The number of pyridine rings is 1. The summed E-state index contributed by atoms with van der Waals surface area (Å²) in [5, 5.41) is 3.17. The van der Waals surface area contributed by atoms with Crippen LogP contribution in [0.1, 0.15) is 27.0 Å². The van der Waals surface area contributed by atoms with Gasteiger partial charge in [-0.3, -0.25) is 9.78 Å². The van der Waals surface area contributed by atoms with Crippen molar-refractivity contribution in [2.45, 2.75) is 20.3 Å². The van der Waals surface area contributed by atoms with E-state index < -0.39 is 0 Å². The van der Waals surface area contributed by atoms with Gasteiger partial charge in [-0.25, -0.2) is 9.97 Å². The number of likely N-dealkylation sites (N-methyl/N-ethyl adjacent to an activating group) is 1. The first-order valence-corrected chi connectivity index (χ1v) is 8.83. The van der Waals surface area contributed by atoms with E-state index in [0.29, 0.717) is 18.1 Å². The molecule has 6 heteroatoms. The summed E-state index contributed by atoms with van der Waals surface area (Å²) >= 11 is 0. The van der Waals surface area contributed by atoms with Crippen LogP contribution in [-0.4, -0.2) is 39.4 Å². The van der Waals surface area contributed by atoms with Crippen molar-refractivity contribution >= 4 is 17.5 Å². The third-order valence-corrected chi connectivity index (χ3v) is 4.21. The number of aromatic nitrogens is 3. The Kier molecular flexibility index (Phi) is 5.76. The third-order valence-electron chi connectivity index (χ3n) is 4.21. The minimum absolute atomic E-state index is 0.0954. The van der Waals surface area contributed by atoms with Crippen LogP contribution in [0, 0.1) is 13.8 Å². The minimum atomic E-state index is -0.0954. The number of rotatable bonds is 6. The first-order valence-electron chi connectivity index (χ1n) is 8.83. The van der Waals surface area contributed by atoms with Crippen LogP contribution in [0.2, 0.25) is 0 Å². The standard InChI is InChI=1S/C21H23N5O/c1-15-10-16(2)12-19(11-15)25-21-23-13-18(14-24-21)20(27)26(3)9-6-17-4-7-22-8-5-17/h4-5,7-8,10-14H,6,9H2,1-3H3,(H,23,24,25). The normalized spacial score (nSPS) is 10.5. The van der Waals surface area contributed by atoms with Crippen molar-refractivity contribution in [1.29, 1.82) is 0 Å². The van der Waals surface area contributed by atoms with Crippen molar-refractivity contribution in [2.75, 3.05) is 18.9 Å². The summed E-state index contributed by atoms with van der Waals surface area (Å²) in [7, 11) is 1.78. The molecule has 0 aliphatic heterocycles. The van der Waals surface area contributed by atoms with E-state index in [-0.39, 0.29) is 5.91 Å². The maximum Gasteiger partial charge on any atom is 0.256 e. The molecule has 0 saturated heterocycles. The van der Waals surface area contributed by atoms with E-state index in [0.717, 1.165) is 17.7 Å². The maximum atomic E-state index is 12.5. The van der Waals surface area contributed by atoms with Gasteiger partial charge in [0.1, 0.15) is 0 Å². The van der Waals surface area contributed by atoms with E-state index in [1.54, 1.807) is 36.7 Å². The molecule has 0 saturated carbocycles. The van der Waals surface area contributed by atoms with Gasteiger partial charge in [-0.2, -0.15) is 0 Å². The number of carbonyl (C=O) groups is 1. The fourth-order valence-corrected chi connectivity index (χ4v) is 2.85. The molecule has 0 unspecified atom stereocenters. The van der Waals surface area contributed by atoms with Crippen LogP contribution in [0.3, 0.4) is 0 Å². The van der Waals surface area contributed by atoms with Gasteiger partial charge in [0.15, 0.2) is 0 Å². The Balaban J connectivity index is 1.61. The molecule has 0 aliphatic rings. The molecule has 0 bridgehead atoms. The molecular weight excluding hydrogens is 338 g/mol. The molecule has 0 fully saturated rings. The van der Waals surface area contributed by atoms with Gasteiger partial charge in [0.05, 0.1) is 5.56 Å². The highest BCUT2D eigenvalue weighted by Gasteiger charge is 2.13. The summed E-state index contributed by atoms with van der Waals surface area (Å²) in [6.07, 6.45) is 7.41. The fourth-order valence-electron chi connectivity index (χ4n) is 2.85. The number of anilines is 2. The number of hydrogen-bond acceptors (Lipinski definition) is 5. The van der Waals surface area contributed by atoms with Crippen LogP contribution < -0.4 is 5.32 Å². The van der Waals surface area contributed by atoms with E-state index in [4.69, 9.17) is 0 Å². The van der Waals surface area contributed by atoms with Crippen LogP contribution in [0.5, 0.6) is 0 Å². The summed E-state index contributed by atoms with van der Waals surface area (Å²) in [6, 6.07) is 10.1. The number of nitrogens with zero attached hydrogens (tertiary/aromatic N) is 4. The van der Waals surface area contributed by atoms with Crippen LogP contribution >= 0.6 is 0 Å². The number of amides is 1. The molecule has 3 rings (SSSR count). The molecule has 2 heterocycles. The average molecular weight is 361 g/mol. The zero-order valence-corrected chi connectivity index (χ0v) is 15.8. The monoisotopic (exact) mass is 361 g/mol. The molecular formula is C21H23N5O. The molecule has 6 nitrogen and oxygen atoms in total. The lowest BCUT2D eigenvalue weighted by molar-refractivity contribution is 0.0796. The van der Waals surface area contributed by atoms with Crippen molar-refractivity contribution in [1.82, 2.24) is 19.9 Å². The summed E-state index contributed by atoms with van der Waals surface area (Å²) < 4.78 is 0. The average Bonchev–Trinajstić information content (AvgIpc) is 2.66. The Hall–Kier alpha value is -3.28. The van der Waals surface area contributed by atoms with Crippen molar-refractivity contribution in [3.63, 3.8) is 0 Å². The molecule has 0 spiro atoms. The van der Waals surface area contributed by atoms with Crippen molar-refractivity contribution in [3.8, 4) is 0 Å². The van der Waals surface area contributed by atoms with Crippen molar-refractivity contribution < 1.29 is 4.79 Å². The highest BCUT2D eigenvalue weighted by atomic mass is 16.2. The largest absolute Gasteiger partial charge is 0.341 e. The summed E-state index contributed by atoms with van der Waals surface area (Å²) in [5.74, 6) is 0.373. The minimum Gasteiger partial charge on any atom is -0.341 e. The van der Waals surface area contributed by atoms with E-state index in [9.17, 15) is 4.79 Å². The predicted octanol–water partition coefficient (Wildman–Crippen LogP) is 3.55. The first kappa shape index (κ1) is 18.5. The second kappa shape index (κ2) is 8.40. The smallest absolute Gasteiger partial charge is 0.256 e. The zero-order chi connectivity index (χ0) is 19.2. The lowest BCUT2D eigenvalue weighted by Gasteiger charge is -2.17. The molecule has 0 aliphatic carbocycles. The van der Waals surface area contributed by atoms with E-state index in [1.165, 1.54) is 11.1 Å². The summed E-state index contributed by atoms with van der Waals surface area (Å²) in [6.45, 7) is 4.70. The highest BCUT2D eigenvalue weighted by molar-refractivity contribution is 5.93. The predicted molar refractivity (Wildman–Crippen MR) is 106 cm³/mol. The third kappa shape index (κ3) is 5.10. The van der Waals surface area contributed by atoms with Crippen molar-refractivity contribution in [2.24, 2.45) is 0 Å². The SMILES string of the molecule is Cc1cc(C)cc(Nc2ncc(C(=O)N(C)CCc3ccncc3)cn2)c1. The van der Waals surface area contributed by atoms with Crippen LogP contribution in [0.4, 0.5) is 11.6 Å². The molecule has 138 valence electrons. The van der Waals surface area contributed by atoms with Gasteiger partial charge in [0.25, 0.3) is 5.91 Å². The molecule has 3 aromatic rings. The molecule has 2 aromatic heterocycles. The Bertz CT molecular complexity index is 889. The van der Waals surface area contributed by atoms with E-state index in [2.05, 4.69) is 26.3 Å². The second-order valence-electron chi connectivity index (χ2n) is 6.63. The molecule has 1 aromatic carbocycles. The van der Waals surface area contributed by atoms with Crippen LogP contribution in [0.25, 0.3) is 0 Å². The number of carbonyl (C=O) groups excluding carboxylic acids is 1. The van der Waals surface area contributed by atoms with Gasteiger partial charge in [0.2, 0.25) is 5.95 Å². The lowest BCUT2D eigenvalue weighted by atomic mass is 10.1. The van der Waals surface area contributed by atoms with Gasteiger partial charge in [-0.1, -0.05) is 6.07 Å². The zero-order valence-electron chi connectivity index (χ0n) is 15.8. The number of aryl methyl sites for hydroxylation is 2. The Morgan fingerprint density at radius 1 is 1.04 bits per heavy atom. The van der Waals surface area contributed by atoms with Crippen LogP contribution in [0.15, 0.2) is 55.1 Å². The highest BCUT2D eigenvalue weighted by Crippen LogP contribution is 2.17. The number of hydrogen-bond donors (Lipinski definition) is 1. The summed E-state index contributed by atoms with van der Waals surface area (Å²) in [5.41, 5.74) is 4.88. The number of benzene rings is 1. The Morgan fingerprint density at radius 3 is 2.30 bits per heavy atom. The van der Waals surface area contributed by atoms with Gasteiger partial charge >= 0.3 is 0 Å². The van der Waals surface area contributed by atoms with Crippen molar-refractivity contribution in [3.05, 3.63) is 77.4 Å². The van der Waals surface area contributed by atoms with Crippen LogP contribution in [-0.2, 0) is 6.42 Å². The lowest BCUT2D eigenvalue weighted by Crippen LogP contribution is -2.29. The number of nitrogens with one attached hydrogen (secondary N) is 1. The molecule has 1 N–H and O–H groups in total. The van der Waals surface area contributed by atoms with E-state index in [1.807, 2.05) is 38.1 Å². The van der Waals surface area contributed by atoms with Gasteiger partial charge in [-0.05, 0) is 61.2 Å². The maximum absolute atomic E-state index is 12.5. The fraction of sp³-hybridized carbons (Fsp3) is 0.238. The van der Waals surface area contributed by atoms with Gasteiger partial charge in [0, 0.05) is 44.1 Å². The molecule has 0 radical (unpaired) electrons. The first-order chi connectivity index (χ1) is 13.0. The molecule has 27 heavy (non-hydrogen) atoms. The summed E-state index contributed by atoms with van der Waals surface area (Å²) in [4.78, 5) is 26.8.